The summed E-state index contributed by atoms with van der Waals surface area (Å²) in [5.74, 6) is 0.321. The van der Waals surface area contributed by atoms with Crippen molar-refractivity contribution < 1.29 is 9.72 Å². The van der Waals surface area contributed by atoms with Gasteiger partial charge in [-0.25, -0.2) is 0 Å². The molecule has 1 saturated heterocycles. The summed E-state index contributed by atoms with van der Waals surface area (Å²) in [7, 11) is 0. The van der Waals surface area contributed by atoms with Gasteiger partial charge in [0.15, 0.2) is 0 Å². The Labute approximate surface area is 105 Å². The summed E-state index contributed by atoms with van der Waals surface area (Å²) in [6.45, 7) is 4.20. The maximum Gasteiger partial charge on any atom is 0.269 e. The van der Waals surface area contributed by atoms with Crippen LogP contribution in [-0.4, -0.2) is 30.5 Å². The molecule has 0 aliphatic carbocycles. The molecule has 0 unspecified atom stereocenters. The fourth-order valence-electron chi connectivity index (χ4n) is 1.84. The lowest BCUT2D eigenvalue weighted by Crippen LogP contribution is -2.48. The Bertz CT molecular complexity index is 483. The van der Waals surface area contributed by atoms with Gasteiger partial charge in [0.1, 0.15) is 0 Å². The summed E-state index contributed by atoms with van der Waals surface area (Å²) in [6, 6.07) is 4.27. The van der Waals surface area contributed by atoms with Gasteiger partial charge in [-0.2, -0.15) is 0 Å². The minimum atomic E-state index is -0.464. The van der Waals surface area contributed by atoms with Crippen LogP contribution in [0.25, 0.3) is 0 Å². The van der Waals surface area contributed by atoms with Gasteiger partial charge in [0, 0.05) is 43.2 Å². The van der Waals surface area contributed by atoms with Gasteiger partial charge in [0.25, 0.3) is 11.6 Å². The molecule has 1 fully saturated rings. The monoisotopic (exact) mass is 249 g/mol. The van der Waals surface area contributed by atoms with Crippen molar-refractivity contribution in [3.63, 3.8) is 0 Å². The Balaban J connectivity index is 2.02. The van der Waals surface area contributed by atoms with Crippen LogP contribution in [0.15, 0.2) is 18.2 Å². The van der Waals surface area contributed by atoms with Gasteiger partial charge in [-0.15, -0.1) is 0 Å². The zero-order valence-electron chi connectivity index (χ0n) is 10.1. The van der Waals surface area contributed by atoms with Crippen LogP contribution in [-0.2, 0) is 0 Å². The van der Waals surface area contributed by atoms with Gasteiger partial charge in [-0.05, 0) is 18.6 Å². The highest BCUT2D eigenvalue weighted by atomic mass is 16.6. The van der Waals surface area contributed by atoms with Crippen molar-refractivity contribution in [1.29, 1.82) is 0 Å². The molecule has 1 amide bonds. The first kappa shape index (κ1) is 12.5. The molecule has 0 spiro atoms. The van der Waals surface area contributed by atoms with Crippen LogP contribution in [0.3, 0.4) is 0 Å². The number of hydrogen-bond acceptors (Lipinski definition) is 4. The summed E-state index contributed by atoms with van der Waals surface area (Å²) in [5, 5.41) is 16.6. The Morgan fingerprint density at radius 1 is 1.56 bits per heavy atom. The second kappa shape index (κ2) is 5.14. The number of nitro groups is 1. The van der Waals surface area contributed by atoms with Crippen LogP contribution in [0.2, 0.25) is 0 Å². The number of nitro benzene ring substituents is 1. The molecule has 96 valence electrons. The highest BCUT2D eigenvalue weighted by molar-refractivity contribution is 5.95. The first-order valence-corrected chi connectivity index (χ1v) is 5.82. The molecular weight excluding hydrogens is 234 g/mol. The molecule has 1 aliphatic rings. The largest absolute Gasteiger partial charge is 0.352 e. The first-order chi connectivity index (χ1) is 8.58. The third-order valence-electron chi connectivity index (χ3n) is 3.08. The van der Waals surface area contributed by atoms with E-state index in [9.17, 15) is 14.9 Å². The van der Waals surface area contributed by atoms with Crippen LogP contribution in [0, 0.1) is 23.0 Å². The Kier molecular flexibility index (Phi) is 3.57. The highest BCUT2D eigenvalue weighted by Gasteiger charge is 2.18. The summed E-state index contributed by atoms with van der Waals surface area (Å²) >= 11 is 0. The minimum absolute atomic E-state index is 0.00671. The topological polar surface area (TPSA) is 84.3 Å². The second-order valence-electron chi connectivity index (χ2n) is 4.49. The maximum atomic E-state index is 11.9. The number of benzene rings is 1. The Morgan fingerprint density at radius 2 is 2.28 bits per heavy atom. The molecule has 0 radical (unpaired) electrons. The van der Waals surface area contributed by atoms with Gasteiger partial charge in [0.05, 0.1) is 4.92 Å². The summed E-state index contributed by atoms with van der Waals surface area (Å²) < 4.78 is 0. The maximum absolute atomic E-state index is 11.9. The molecule has 0 saturated carbocycles. The van der Waals surface area contributed by atoms with E-state index in [2.05, 4.69) is 10.6 Å². The number of amides is 1. The highest BCUT2D eigenvalue weighted by Crippen LogP contribution is 2.17. The van der Waals surface area contributed by atoms with E-state index >= 15 is 0 Å². The normalized spacial score (nSPS) is 14.9. The number of rotatable bonds is 4. The van der Waals surface area contributed by atoms with Gasteiger partial charge >= 0.3 is 0 Å². The zero-order valence-corrected chi connectivity index (χ0v) is 10.1. The number of aryl methyl sites for hydroxylation is 1. The van der Waals surface area contributed by atoms with Crippen LogP contribution in [0.1, 0.15) is 15.9 Å². The lowest BCUT2D eigenvalue weighted by Gasteiger charge is -2.27. The molecule has 2 N–H and O–H groups in total. The van der Waals surface area contributed by atoms with Crippen LogP contribution in [0.4, 0.5) is 5.69 Å². The number of carbonyl (C=O) groups excluding carboxylic acids is 1. The summed E-state index contributed by atoms with van der Waals surface area (Å²) in [5.41, 5.74) is 1.12. The summed E-state index contributed by atoms with van der Waals surface area (Å²) in [6.07, 6.45) is 0. The van der Waals surface area contributed by atoms with E-state index in [-0.39, 0.29) is 11.6 Å². The van der Waals surface area contributed by atoms with Crippen molar-refractivity contribution >= 4 is 11.6 Å². The number of nitrogens with one attached hydrogen (secondary N) is 2. The molecule has 0 bridgehead atoms. The number of carbonyl (C=O) groups is 1. The first-order valence-electron chi connectivity index (χ1n) is 5.82. The van der Waals surface area contributed by atoms with Crippen molar-refractivity contribution in [3.8, 4) is 0 Å². The zero-order chi connectivity index (χ0) is 13.1. The van der Waals surface area contributed by atoms with Crippen LogP contribution < -0.4 is 10.6 Å². The van der Waals surface area contributed by atoms with E-state index in [1.165, 1.54) is 18.2 Å². The summed E-state index contributed by atoms with van der Waals surface area (Å²) in [4.78, 5) is 22.0. The average molecular weight is 249 g/mol. The standard InChI is InChI=1S/C12H15N3O3/c1-8-4-10(15(17)18)2-3-11(8)12(16)14-7-9-5-13-6-9/h2-4,9,13H,5-7H2,1H3,(H,14,16). The van der Waals surface area contributed by atoms with Gasteiger partial charge in [-0.3, -0.25) is 14.9 Å². The molecule has 0 atom stereocenters. The van der Waals surface area contributed by atoms with Crippen molar-refractivity contribution in [2.45, 2.75) is 6.92 Å². The molecule has 6 nitrogen and oxygen atoms in total. The predicted octanol–water partition coefficient (Wildman–Crippen LogP) is 0.852. The van der Waals surface area contributed by atoms with Crippen molar-refractivity contribution in [3.05, 3.63) is 39.4 Å². The van der Waals surface area contributed by atoms with Gasteiger partial charge < -0.3 is 10.6 Å². The van der Waals surface area contributed by atoms with Crippen molar-refractivity contribution in [1.82, 2.24) is 10.6 Å². The molecule has 18 heavy (non-hydrogen) atoms. The molecule has 6 heteroatoms. The minimum Gasteiger partial charge on any atom is -0.352 e. The smallest absolute Gasteiger partial charge is 0.269 e. The van der Waals surface area contributed by atoms with E-state index in [1.54, 1.807) is 6.92 Å². The SMILES string of the molecule is Cc1cc([N+](=O)[O-])ccc1C(=O)NCC1CNC1. The van der Waals surface area contributed by atoms with Gasteiger partial charge in [-0.1, -0.05) is 0 Å². The van der Waals surface area contributed by atoms with Crippen molar-refractivity contribution in [2.24, 2.45) is 5.92 Å². The Morgan fingerprint density at radius 3 is 2.78 bits per heavy atom. The molecule has 2 rings (SSSR count). The molecule has 1 aliphatic heterocycles. The number of hydrogen-bond donors (Lipinski definition) is 2. The predicted molar refractivity (Wildman–Crippen MR) is 66.5 cm³/mol. The van der Waals surface area contributed by atoms with E-state index in [1.807, 2.05) is 0 Å². The lowest BCUT2D eigenvalue weighted by atomic mass is 10.0. The quantitative estimate of drug-likeness (QED) is 0.612. The molecular formula is C12H15N3O3. The van der Waals surface area contributed by atoms with E-state index in [0.29, 0.717) is 23.6 Å². The third-order valence-corrected chi connectivity index (χ3v) is 3.08. The molecule has 1 aromatic carbocycles. The molecule has 0 aromatic heterocycles. The third kappa shape index (κ3) is 2.65. The van der Waals surface area contributed by atoms with E-state index in [4.69, 9.17) is 0 Å². The van der Waals surface area contributed by atoms with Crippen LogP contribution in [0.5, 0.6) is 0 Å². The Hall–Kier alpha value is -1.95. The molecule has 1 heterocycles. The van der Waals surface area contributed by atoms with Gasteiger partial charge in [0.2, 0.25) is 0 Å². The fourth-order valence-corrected chi connectivity index (χ4v) is 1.84. The van der Waals surface area contributed by atoms with Crippen molar-refractivity contribution in [2.75, 3.05) is 19.6 Å². The van der Waals surface area contributed by atoms with Crippen LogP contribution >= 0.6 is 0 Å². The number of nitrogens with zero attached hydrogens (tertiary/aromatic N) is 1. The average Bonchev–Trinajstić information content (AvgIpc) is 2.26. The van der Waals surface area contributed by atoms with E-state index in [0.717, 1.165) is 13.1 Å². The number of non-ortho nitro benzene ring substituents is 1. The fraction of sp³-hybridized carbons (Fsp3) is 0.417. The molecule has 1 aromatic rings. The second-order valence-corrected chi connectivity index (χ2v) is 4.49. The lowest BCUT2D eigenvalue weighted by molar-refractivity contribution is -0.384. The van der Waals surface area contributed by atoms with E-state index < -0.39 is 4.92 Å².